The van der Waals surface area contributed by atoms with Gasteiger partial charge < -0.3 is 0 Å². The normalized spacial score (nSPS) is 26.7. The number of hydrogen-bond donors (Lipinski definition) is 0. The van der Waals surface area contributed by atoms with E-state index in [4.69, 9.17) is 0 Å². The van der Waals surface area contributed by atoms with Gasteiger partial charge >= 0.3 is 0 Å². The fraction of sp³-hybridized carbons (Fsp3) is 0.923. The molecule has 1 aliphatic carbocycles. The molecule has 0 heterocycles. The van der Waals surface area contributed by atoms with Gasteiger partial charge in [-0.3, -0.25) is 4.79 Å². The van der Waals surface area contributed by atoms with Crippen LogP contribution in [0.2, 0.25) is 0 Å². The maximum Gasteiger partial charge on any atom is 0.133 e. The quantitative estimate of drug-likeness (QED) is 0.655. The van der Waals surface area contributed by atoms with Crippen LogP contribution in [0.4, 0.5) is 0 Å². The summed E-state index contributed by atoms with van der Waals surface area (Å²) in [6.07, 6.45) is 4.22. The number of carbonyl (C=O) groups is 1. The largest absolute Gasteiger partial charge is 0.300 e. The van der Waals surface area contributed by atoms with E-state index in [0.717, 1.165) is 24.7 Å². The van der Waals surface area contributed by atoms with Crippen molar-refractivity contribution < 1.29 is 4.79 Å². The summed E-state index contributed by atoms with van der Waals surface area (Å²) in [6, 6.07) is 0. The van der Waals surface area contributed by atoms with Gasteiger partial charge in [-0.25, -0.2) is 0 Å². The standard InChI is InChI=1S/C13H24O/c1-9(2)5-13(14)8-11-6-12(7-11)10(3)4/h9-12H,5-8H2,1-4H3. The van der Waals surface area contributed by atoms with Gasteiger partial charge in [0.2, 0.25) is 0 Å². The molecule has 1 nitrogen and oxygen atoms in total. The van der Waals surface area contributed by atoms with E-state index in [0.29, 0.717) is 17.6 Å². The first-order chi connectivity index (χ1) is 6.49. The van der Waals surface area contributed by atoms with Gasteiger partial charge in [-0.15, -0.1) is 0 Å². The molecule has 0 spiro atoms. The van der Waals surface area contributed by atoms with Crippen molar-refractivity contribution in [3.63, 3.8) is 0 Å². The monoisotopic (exact) mass is 196 g/mol. The van der Waals surface area contributed by atoms with E-state index >= 15 is 0 Å². The summed E-state index contributed by atoms with van der Waals surface area (Å²) in [5, 5.41) is 0. The van der Waals surface area contributed by atoms with Gasteiger partial charge in [0.1, 0.15) is 5.78 Å². The third-order valence-electron chi connectivity index (χ3n) is 3.37. The average Bonchev–Trinajstić information content (AvgIpc) is 1.93. The van der Waals surface area contributed by atoms with Crippen LogP contribution < -0.4 is 0 Å². The number of hydrogen-bond acceptors (Lipinski definition) is 1. The lowest BCUT2D eigenvalue weighted by Gasteiger charge is -2.37. The minimum Gasteiger partial charge on any atom is -0.300 e. The van der Waals surface area contributed by atoms with Gasteiger partial charge in [-0.2, -0.15) is 0 Å². The number of carbonyl (C=O) groups excluding carboxylic acids is 1. The lowest BCUT2D eigenvalue weighted by molar-refractivity contribution is -0.121. The van der Waals surface area contributed by atoms with E-state index in [1.54, 1.807) is 0 Å². The molecule has 1 fully saturated rings. The molecule has 0 saturated heterocycles. The molecule has 1 aliphatic rings. The molecule has 1 saturated carbocycles. The fourth-order valence-corrected chi connectivity index (χ4v) is 2.36. The van der Waals surface area contributed by atoms with Gasteiger partial charge in [0.05, 0.1) is 0 Å². The molecule has 0 aliphatic heterocycles. The van der Waals surface area contributed by atoms with Crippen LogP contribution in [0.5, 0.6) is 0 Å². The number of ketones is 1. The summed E-state index contributed by atoms with van der Waals surface area (Å²) in [5.41, 5.74) is 0. The highest BCUT2D eigenvalue weighted by Crippen LogP contribution is 2.40. The molecule has 0 bridgehead atoms. The van der Waals surface area contributed by atoms with E-state index in [9.17, 15) is 4.79 Å². The molecule has 0 atom stereocenters. The molecule has 0 unspecified atom stereocenters. The predicted octanol–water partition coefficient (Wildman–Crippen LogP) is 3.67. The molecule has 0 aromatic rings. The van der Waals surface area contributed by atoms with Gasteiger partial charge in [0.25, 0.3) is 0 Å². The summed E-state index contributed by atoms with van der Waals surface area (Å²) in [6.45, 7) is 8.82. The smallest absolute Gasteiger partial charge is 0.133 e. The van der Waals surface area contributed by atoms with Gasteiger partial charge in [-0.1, -0.05) is 27.7 Å². The Hall–Kier alpha value is -0.330. The second kappa shape index (κ2) is 4.95. The first-order valence-corrected chi connectivity index (χ1v) is 6.00. The fourth-order valence-electron chi connectivity index (χ4n) is 2.36. The third-order valence-corrected chi connectivity index (χ3v) is 3.37. The second-order valence-electron chi connectivity index (χ2n) is 5.68. The molecule has 0 radical (unpaired) electrons. The van der Waals surface area contributed by atoms with Crippen LogP contribution in [0.15, 0.2) is 0 Å². The SMILES string of the molecule is CC(C)CC(=O)CC1CC(C(C)C)C1. The number of rotatable bonds is 5. The van der Waals surface area contributed by atoms with Crippen molar-refractivity contribution in [2.75, 3.05) is 0 Å². The van der Waals surface area contributed by atoms with Gasteiger partial charge in [-0.05, 0) is 36.5 Å². The van der Waals surface area contributed by atoms with E-state index in [2.05, 4.69) is 27.7 Å². The Kier molecular flexibility index (Phi) is 4.15. The Balaban J connectivity index is 2.13. The minimum absolute atomic E-state index is 0.479. The second-order valence-corrected chi connectivity index (χ2v) is 5.68. The van der Waals surface area contributed by atoms with E-state index in [-0.39, 0.29) is 0 Å². The summed E-state index contributed by atoms with van der Waals surface area (Å²) >= 11 is 0. The zero-order valence-corrected chi connectivity index (χ0v) is 10.0. The molecular formula is C13H24O. The zero-order valence-electron chi connectivity index (χ0n) is 10.0. The van der Waals surface area contributed by atoms with E-state index < -0.39 is 0 Å². The molecule has 1 rings (SSSR count). The predicted molar refractivity (Wildman–Crippen MR) is 60.1 cm³/mol. The molecule has 0 aromatic carbocycles. The van der Waals surface area contributed by atoms with Crippen molar-refractivity contribution in [2.24, 2.45) is 23.7 Å². The molecule has 0 aromatic heterocycles. The Morgan fingerprint density at radius 3 is 2.21 bits per heavy atom. The maximum atomic E-state index is 11.5. The highest BCUT2D eigenvalue weighted by Gasteiger charge is 2.32. The van der Waals surface area contributed by atoms with Gasteiger partial charge in [0.15, 0.2) is 0 Å². The number of Topliss-reactive ketones (excluding diaryl/α,β-unsaturated/α-hetero) is 1. The Morgan fingerprint density at radius 1 is 1.21 bits per heavy atom. The minimum atomic E-state index is 0.479. The Labute approximate surface area is 88.3 Å². The van der Waals surface area contributed by atoms with E-state index in [1.807, 2.05) is 0 Å². The molecule has 14 heavy (non-hydrogen) atoms. The third kappa shape index (κ3) is 3.43. The van der Waals surface area contributed by atoms with Crippen LogP contribution in [-0.4, -0.2) is 5.78 Å². The average molecular weight is 196 g/mol. The van der Waals surface area contributed by atoms with Crippen LogP contribution in [0.25, 0.3) is 0 Å². The summed E-state index contributed by atoms with van der Waals surface area (Å²) in [7, 11) is 0. The molecule has 0 N–H and O–H groups in total. The van der Waals surface area contributed by atoms with Crippen LogP contribution in [0.1, 0.15) is 53.4 Å². The Morgan fingerprint density at radius 2 is 1.79 bits per heavy atom. The molecule has 1 heteroatoms. The van der Waals surface area contributed by atoms with Crippen molar-refractivity contribution in [3.05, 3.63) is 0 Å². The summed E-state index contributed by atoms with van der Waals surface area (Å²) in [5.74, 6) is 3.43. The summed E-state index contributed by atoms with van der Waals surface area (Å²) < 4.78 is 0. The van der Waals surface area contributed by atoms with Crippen LogP contribution in [0, 0.1) is 23.7 Å². The van der Waals surface area contributed by atoms with Crippen LogP contribution in [0.3, 0.4) is 0 Å². The molecular weight excluding hydrogens is 172 g/mol. The van der Waals surface area contributed by atoms with Crippen molar-refractivity contribution in [2.45, 2.75) is 53.4 Å². The zero-order chi connectivity index (χ0) is 10.7. The van der Waals surface area contributed by atoms with Crippen molar-refractivity contribution in [1.29, 1.82) is 0 Å². The molecule has 82 valence electrons. The lowest BCUT2D eigenvalue weighted by atomic mass is 9.67. The molecule has 0 amide bonds. The van der Waals surface area contributed by atoms with E-state index in [1.165, 1.54) is 12.8 Å². The summed E-state index contributed by atoms with van der Waals surface area (Å²) in [4.78, 5) is 11.5. The lowest BCUT2D eigenvalue weighted by Crippen LogP contribution is -2.29. The topological polar surface area (TPSA) is 17.1 Å². The Bertz CT molecular complexity index is 187. The van der Waals surface area contributed by atoms with Crippen LogP contribution >= 0.6 is 0 Å². The van der Waals surface area contributed by atoms with Crippen LogP contribution in [-0.2, 0) is 4.79 Å². The highest BCUT2D eigenvalue weighted by molar-refractivity contribution is 5.78. The van der Waals surface area contributed by atoms with Crippen molar-refractivity contribution in [1.82, 2.24) is 0 Å². The first kappa shape index (κ1) is 11.7. The maximum absolute atomic E-state index is 11.5. The first-order valence-electron chi connectivity index (χ1n) is 6.00. The highest BCUT2D eigenvalue weighted by atomic mass is 16.1. The van der Waals surface area contributed by atoms with Gasteiger partial charge in [0, 0.05) is 12.8 Å². The van der Waals surface area contributed by atoms with Crippen molar-refractivity contribution >= 4 is 5.78 Å². The van der Waals surface area contributed by atoms with Crippen molar-refractivity contribution in [3.8, 4) is 0 Å².